The molecule has 0 N–H and O–H groups in total. The first-order valence-electron chi connectivity index (χ1n) is 7.64. The quantitative estimate of drug-likeness (QED) is 0.452. The minimum Gasteiger partial charge on any atom is -0.497 e. The van der Waals surface area contributed by atoms with Crippen LogP contribution in [-0.2, 0) is 9.53 Å². The summed E-state index contributed by atoms with van der Waals surface area (Å²) in [5.41, 5.74) is 1.87. The second-order valence-corrected chi connectivity index (χ2v) is 7.01. The molecule has 1 fully saturated rings. The van der Waals surface area contributed by atoms with E-state index in [1.165, 1.54) is 23.8 Å². The molecule has 3 rings (SSSR count). The average Bonchev–Trinajstić information content (AvgIpc) is 2.94. The van der Waals surface area contributed by atoms with E-state index in [9.17, 15) is 9.59 Å². The Hall–Kier alpha value is -2.64. The molecule has 1 amide bonds. The molecule has 0 spiro atoms. The minimum atomic E-state index is -0.431. The maximum absolute atomic E-state index is 12.8. The molecule has 1 heterocycles. The number of hydrogen-bond donors (Lipinski definition) is 0. The molecule has 0 radical (unpaired) electrons. The van der Waals surface area contributed by atoms with Gasteiger partial charge in [-0.15, -0.1) is 0 Å². The topological polar surface area (TPSA) is 55.8 Å². The van der Waals surface area contributed by atoms with E-state index in [0.29, 0.717) is 26.2 Å². The number of esters is 1. The Morgan fingerprint density at radius 3 is 2.54 bits per heavy atom. The summed E-state index contributed by atoms with van der Waals surface area (Å²) < 4.78 is 10.3. The monoisotopic (exact) mass is 385 g/mol. The molecule has 0 aliphatic carbocycles. The highest BCUT2D eigenvalue weighted by atomic mass is 32.2. The lowest BCUT2D eigenvalue weighted by molar-refractivity contribution is -0.113. The van der Waals surface area contributed by atoms with Crippen molar-refractivity contribution in [2.24, 2.45) is 0 Å². The number of carbonyl (C=O) groups excluding carboxylic acids is 2. The number of carbonyl (C=O) groups is 2. The fourth-order valence-electron chi connectivity index (χ4n) is 2.44. The van der Waals surface area contributed by atoms with Gasteiger partial charge in [0.2, 0.25) is 0 Å². The molecule has 26 heavy (non-hydrogen) atoms. The number of benzene rings is 2. The van der Waals surface area contributed by atoms with Crippen molar-refractivity contribution in [3.05, 3.63) is 64.6 Å². The van der Waals surface area contributed by atoms with Crippen LogP contribution in [0.2, 0.25) is 0 Å². The Morgan fingerprint density at radius 1 is 1.15 bits per heavy atom. The van der Waals surface area contributed by atoms with Crippen LogP contribution in [0.25, 0.3) is 6.08 Å². The Kier molecular flexibility index (Phi) is 5.39. The lowest BCUT2D eigenvalue weighted by atomic mass is 10.2. The highest BCUT2D eigenvalue weighted by molar-refractivity contribution is 8.27. The molecule has 2 aromatic carbocycles. The first-order chi connectivity index (χ1) is 12.5. The van der Waals surface area contributed by atoms with Crippen molar-refractivity contribution >= 4 is 51.9 Å². The van der Waals surface area contributed by atoms with Gasteiger partial charge in [-0.05, 0) is 48.0 Å². The maximum atomic E-state index is 12.8. The van der Waals surface area contributed by atoms with Crippen molar-refractivity contribution < 1.29 is 19.1 Å². The van der Waals surface area contributed by atoms with Crippen LogP contribution in [-0.4, -0.2) is 30.4 Å². The fraction of sp³-hybridized carbons (Fsp3) is 0.105. The third-order valence-corrected chi connectivity index (χ3v) is 5.03. The molecule has 7 heteroatoms. The summed E-state index contributed by atoms with van der Waals surface area (Å²) in [6.45, 7) is 0. The van der Waals surface area contributed by atoms with E-state index in [1.807, 2.05) is 24.3 Å². The van der Waals surface area contributed by atoms with Gasteiger partial charge in [0.25, 0.3) is 5.91 Å². The molecule has 1 aliphatic rings. The van der Waals surface area contributed by atoms with Gasteiger partial charge < -0.3 is 9.47 Å². The summed E-state index contributed by atoms with van der Waals surface area (Å²) in [5.74, 6) is 0.0844. The van der Waals surface area contributed by atoms with E-state index in [4.69, 9.17) is 17.0 Å². The molecule has 0 saturated carbocycles. The minimum absolute atomic E-state index is 0.200. The van der Waals surface area contributed by atoms with Crippen molar-refractivity contribution in [3.63, 3.8) is 0 Å². The van der Waals surface area contributed by atoms with Crippen LogP contribution < -0.4 is 9.64 Å². The van der Waals surface area contributed by atoms with E-state index in [1.54, 1.807) is 37.5 Å². The second kappa shape index (κ2) is 7.72. The van der Waals surface area contributed by atoms with Gasteiger partial charge in [0, 0.05) is 0 Å². The molecular weight excluding hydrogens is 370 g/mol. The zero-order valence-electron chi connectivity index (χ0n) is 14.1. The lowest BCUT2D eigenvalue weighted by Crippen LogP contribution is -2.27. The van der Waals surface area contributed by atoms with Gasteiger partial charge in [0.1, 0.15) is 5.75 Å². The van der Waals surface area contributed by atoms with Gasteiger partial charge in [-0.2, -0.15) is 0 Å². The molecule has 0 aromatic heterocycles. The molecule has 132 valence electrons. The number of rotatable bonds is 4. The summed E-state index contributed by atoms with van der Waals surface area (Å²) >= 11 is 6.60. The van der Waals surface area contributed by atoms with Gasteiger partial charge >= 0.3 is 5.97 Å². The molecule has 0 bridgehead atoms. The molecule has 2 aromatic rings. The van der Waals surface area contributed by atoms with E-state index in [2.05, 4.69) is 4.74 Å². The molecule has 1 saturated heterocycles. The van der Waals surface area contributed by atoms with Gasteiger partial charge in [-0.1, -0.05) is 36.1 Å². The Morgan fingerprint density at radius 2 is 1.88 bits per heavy atom. The van der Waals surface area contributed by atoms with Crippen LogP contribution in [0, 0.1) is 0 Å². The Labute approximate surface area is 160 Å². The first kappa shape index (κ1) is 18.2. The number of hydrogen-bond acceptors (Lipinski definition) is 6. The lowest BCUT2D eigenvalue weighted by Gasteiger charge is -2.14. The van der Waals surface area contributed by atoms with Gasteiger partial charge in [-0.25, -0.2) is 4.79 Å². The van der Waals surface area contributed by atoms with E-state index >= 15 is 0 Å². The van der Waals surface area contributed by atoms with Crippen LogP contribution in [0.4, 0.5) is 5.69 Å². The fourth-order valence-corrected chi connectivity index (χ4v) is 3.74. The van der Waals surface area contributed by atoms with Crippen LogP contribution in [0.3, 0.4) is 0 Å². The zero-order valence-corrected chi connectivity index (χ0v) is 15.7. The molecule has 5 nitrogen and oxygen atoms in total. The smallest absolute Gasteiger partial charge is 0.337 e. The van der Waals surface area contributed by atoms with E-state index in [-0.39, 0.29) is 5.91 Å². The van der Waals surface area contributed by atoms with Crippen LogP contribution in [0.15, 0.2) is 53.4 Å². The van der Waals surface area contributed by atoms with Crippen molar-refractivity contribution in [2.45, 2.75) is 0 Å². The predicted octanol–water partition coefficient (Wildman–Crippen LogP) is 3.89. The number of ether oxygens (including phenoxy) is 2. The highest BCUT2D eigenvalue weighted by Crippen LogP contribution is 2.36. The maximum Gasteiger partial charge on any atom is 0.337 e. The summed E-state index contributed by atoms with van der Waals surface area (Å²) in [6.07, 6.45) is 1.78. The van der Waals surface area contributed by atoms with E-state index in [0.717, 1.165) is 5.56 Å². The Bertz CT molecular complexity index is 906. The summed E-state index contributed by atoms with van der Waals surface area (Å²) in [6, 6.07) is 14.0. The van der Waals surface area contributed by atoms with Gasteiger partial charge in [0.05, 0.1) is 30.4 Å². The summed E-state index contributed by atoms with van der Waals surface area (Å²) in [5, 5.41) is 0. The molecule has 1 aliphatic heterocycles. The highest BCUT2D eigenvalue weighted by Gasteiger charge is 2.33. The third-order valence-electron chi connectivity index (χ3n) is 3.73. The number of nitrogens with zero attached hydrogens (tertiary/aromatic N) is 1. The number of methoxy groups -OCH3 is 2. The molecular formula is C19H15NO4S2. The van der Waals surface area contributed by atoms with Crippen LogP contribution in [0.1, 0.15) is 15.9 Å². The van der Waals surface area contributed by atoms with Crippen molar-refractivity contribution in [3.8, 4) is 5.75 Å². The normalized spacial score (nSPS) is 15.5. The second-order valence-electron chi connectivity index (χ2n) is 5.33. The Balaban J connectivity index is 1.87. The average molecular weight is 385 g/mol. The molecule has 0 atom stereocenters. The van der Waals surface area contributed by atoms with Crippen molar-refractivity contribution in [2.75, 3.05) is 19.1 Å². The number of thioether (sulfide) groups is 1. The summed E-state index contributed by atoms with van der Waals surface area (Å²) in [7, 11) is 2.91. The van der Waals surface area contributed by atoms with Gasteiger partial charge in [0.15, 0.2) is 4.32 Å². The SMILES string of the molecule is COC(=O)c1ccc(N2C(=O)C(=Cc3cccc(OC)c3)SC2=S)cc1. The van der Waals surface area contributed by atoms with Crippen LogP contribution >= 0.6 is 24.0 Å². The number of anilines is 1. The third kappa shape index (κ3) is 3.63. The van der Waals surface area contributed by atoms with Crippen LogP contribution in [0.5, 0.6) is 5.75 Å². The summed E-state index contributed by atoms with van der Waals surface area (Å²) in [4.78, 5) is 26.3. The number of amides is 1. The largest absolute Gasteiger partial charge is 0.497 e. The zero-order chi connectivity index (χ0) is 18.7. The van der Waals surface area contributed by atoms with Crippen molar-refractivity contribution in [1.29, 1.82) is 0 Å². The molecule has 0 unspecified atom stereocenters. The van der Waals surface area contributed by atoms with Crippen molar-refractivity contribution in [1.82, 2.24) is 0 Å². The predicted molar refractivity (Wildman–Crippen MR) is 106 cm³/mol. The standard InChI is InChI=1S/C19H15NO4S2/c1-23-15-5-3-4-12(10-15)11-16-17(21)20(19(25)26-16)14-8-6-13(7-9-14)18(22)24-2/h3-11H,1-2H3. The van der Waals surface area contributed by atoms with Gasteiger partial charge in [-0.3, -0.25) is 9.69 Å². The first-order valence-corrected chi connectivity index (χ1v) is 8.86. The van der Waals surface area contributed by atoms with E-state index < -0.39 is 5.97 Å². The number of thiocarbonyl (C=S) groups is 1.